The number of hydrogen-bond acceptors (Lipinski definition) is 4. The van der Waals surface area contributed by atoms with E-state index in [4.69, 9.17) is 0 Å². The van der Waals surface area contributed by atoms with Crippen molar-refractivity contribution in [2.45, 2.75) is 24.0 Å². The molecule has 1 aromatic heterocycles. The molecule has 0 saturated carbocycles. The highest BCUT2D eigenvalue weighted by atomic mass is 32.2. The highest BCUT2D eigenvalue weighted by Gasteiger charge is 2.42. The Bertz CT molecular complexity index is 423. The van der Waals surface area contributed by atoms with Gasteiger partial charge in [0.05, 0.1) is 17.9 Å². The van der Waals surface area contributed by atoms with Crippen molar-refractivity contribution in [3.63, 3.8) is 0 Å². The average molecular weight is 294 g/mol. The highest BCUT2D eigenvalue weighted by molar-refractivity contribution is 7.99. The zero-order chi connectivity index (χ0) is 13.9. The van der Waals surface area contributed by atoms with E-state index in [1.54, 1.807) is 0 Å². The minimum Gasteiger partial charge on any atom is -0.341 e. The number of H-pyrrole nitrogens is 1. The van der Waals surface area contributed by atoms with Crippen LogP contribution in [-0.2, 0) is 4.79 Å². The second kappa shape index (κ2) is 5.81. The monoisotopic (exact) mass is 294 g/mol. The molecule has 0 radical (unpaired) electrons. The van der Waals surface area contributed by atoms with E-state index in [-0.39, 0.29) is 24.6 Å². The van der Waals surface area contributed by atoms with Gasteiger partial charge in [-0.05, 0) is 12.8 Å². The van der Waals surface area contributed by atoms with Gasteiger partial charge >= 0.3 is 6.18 Å². The van der Waals surface area contributed by atoms with Crippen LogP contribution >= 0.6 is 11.8 Å². The predicted molar refractivity (Wildman–Crippen MR) is 62.5 cm³/mol. The highest BCUT2D eigenvalue weighted by Crippen LogP contribution is 2.33. The van der Waals surface area contributed by atoms with E-state index in [0.29, 0.717) is 18.0 Å². The van der Waals surface area contributed by atoms with Gasteiger partial charge in [0.15, 0.2) is 0 Å². The predicted octanol–water partition coefficient (Wildman–Crippen LogP) is 1.70. The fraction of sp³-hybridized carbons (Fsp3) is 0.700. The summed E-state index contributed by atoms with van der Waals surface area (Å²) in [5.74, 6) is -1.61. The van der Waals surface area contributed by atoms with Crippen LogP contribution in [0.4, 0.5) is 13.2 Å². The molecule has 1 aromatic rings. The number of halogens is 3. The van der Waals surface area contributed by atoms with Gasteiger partial charge in [-0.15, -0.1) is 5.10 Å². The fourth-order valence-corrected chi connectivity index (χ4v) is 2.65. The van der Waals surface area contributed by atoms with Crippen LogP contribution in [-0.4, -0.2) is 51.2 Å². The number of amides is 1. The second-order valence-electron chi connectivity index (χ2n) is 4.32. The Balaban J connectivity index is 1.85. The molecule has 1 aliphatic heterocycles. The van der Waals surface area contributed by atoms with E-state index in [2.05, 4.69) is 15.4 Å². The summed E-state index contributed by atoms with van der Waals surface area (Å²) < 4.78 is 37.9. The molecule has 0 bridgehead atoms. The standard InChI is InChI=1S/C10H13F3N4OS/c11-10(12,13)7-2-1-3-17(5-7)9(18)6-19-8-4-14-16-15-8/h4,7H,1-3,5-6H2,(H,14,15,16)/t7-/m1/s1. The van der Waals surface area contributed by atoms with Crippen molar-refractivity contribution >= 4 is 17.7 Å². The number of aromatic amines is 1. The van der Waals surface area contributed by atoms with E-state index < -0.39 is 12.1 Å². The molecule has 0 unspecified atom stereocenters. The van der Waals surface area contributed by atoms with Crippen LogP contribution in [0, 0.1) is 5.92 Å². The maximum atomic E-state index is 12.6. The largest absolute Gasteiger partial charge is 0.393 e. The maximum Gasteiger partial charge on any atom is 0.393 e. The Kier molecular flexibility index (Phi) is 4.33. The summed E-state index contributed by atoms with van der Waals surface area (Å²) in [7, 11) is 0. The van der Waals surface area contributed by atoms with Crippen molar-refractivity contribution < 1.29 is 18.0 Å². The lowest BCUT2D eigenvalue weighted by atomic mass is 9.97. The summed E-state index contributed by atoms with van der Waals surface area (Å²) in [6, 6.07) is 0. The lowest BCUT2D eigenvalue weighted by molar-refractivity contribution is -0.187. The number of aromatic nitrogens is 3. The quantitative estimate of drug-likeness (QED) is 0.862. The minimum absolute atomic E-state index is 0.0805. The molecule has 0 aliphatic carbocycles. The van der Waals surface area contributed by atoms with Gasteiger partial charge in [0.25, 0.3) is 0 Å². The van der Waals surface area contributed by atoms with E-state index >= 15 is 0 Å². The molecule has 2 rings (SSSR count). The lowest BCUT2D eigenvalue weighted by Gasteiger charge is -2.33. The maximum absolute atomic E-state index is 12.6. The number of hydrogen-bond donors (Lipinski definition) is 1. The van der Waals surface area contributed by atoms with E-state index in [1.807, 2.05) is 0 Å². The van der Waals surface area contributed by atoms with Gasteiger partial charge in [0.2, 0.25) is 5.91 Å². The number of nitrogens with one attached hydrogen (secondary N) is 1. The second-order valence-corrected chi connectivity index (χ2v) is 5.31. The molecule has 9 heteroatoms. The number of carbonyl (C=O) groups excluding carboxylic acids is 1. The SMILES string of the molecule is O=C(CSc1cn[nH]n1)N1CCC[C@@H](C(F)(F)F)C1. The Morgan fingerprint density at radius 1 is 1.58 bits per heavy atom. The summed E-state index contributed by atoms with van der Waals surface area (Å²) in [5.41, 5.74) is 0. The third-order valence-corrected chi connectivity index (χ3v) is 3.86. The Labute approximate surface area is 111 Å². The van der Waals surface area contributed by atoms with Crippen molar-refractivity contribution in [1.82, 2.24) is 20.3 Å². The normalized spacial score (nSPS) is 20.6. The summed E-state index contributed by atoms with van der Waals surface area (Å²) in [4.78, 5) is 13.1. The first-order valence-electron chi connectivity index (χ1n) is 5.80. The summed E-state index contributed by atoms with van der Waals surface area (Å²) in [6.07, 6.45) is -2.26. The molecular weight excluding hydrogens is 281 g/mol. The van der Waals surface area contributed by atoms with Gasteiger partial charge in [0, 0.05) is 13.1 Å². The number of thioether (sulfide) groups is 1. The molecule has 1 N–H and O–H groups in total. The van der Waals surface area contributed by atoms with Crippen molar-refractivity contribution in [3.05, 3.63) is 6.20 Å². The summed E-state index contributed by atoms with van der Waals surface area (Å²) in [5, 5.41) is 10.3. The molecule has 0 aromatic carbocycles. The van der Waals surface area contributed by atoms with Crippen molar-refractivity contribution in [1.29, 1.82) is 0 Å². The third-order valence-electron chi connectivity index (χ3n) is 2.97. The van der Waals surface area contributed by atoms with Gasteiger partial charge in [-0.1, -0.05) is 11.8 Å². The molecule has 0 spiro atoms. The zero-order valence-corrected chi connectivity index (χ0v) is 10.8. The van der Waals surface area contributed by atoms with Gasteiger partial charge in [0.1, 0.15) is 5.03 Å². The first-order valence-corrected chi connectivity index (χ1v) is 6.78. The molecule has 2 heterocycles. The van der Waals surface area contributed by atoms with Gasteiger partial charge in [-0.3, -0.25) is 4.79 Å². The van der Waals surface area contributed by atoms with Crippen molar-refractivity contribution in [2.75, 3.05) is 18.8 Å². The molecule has 1 amide bonds. The van der Waals surface area contributed by atoms with Crippen LogP contribution in [0.25, 0.3) is 0 Å². The molecule has 1 saturated heterocycles. The van der Waals surface area contributed by atoms with Crippen LogP contribution < -0.4 is 0 Å². The van der Waals surface area contributed by atoms with Crippen LogP contribution in [0.1, 0.15) is 12.8 Å². The summed E-state index contributed by atoms with van der Waals surface area (Å²) >= 11 is 1.16. The molecular formula is C10H13F3N4OS. The lowest BCUT2D eigenvalue weighted by Crippen LogP contribution is -2.45. The first-order chi connectivity index (χ1) is 8.97. The first kappa shape index (κ1) is 14.2. The van der Waals surface area contributed by atoms with Gasteiger partial charge < -0.3 is 4.90 Å². The smallest absolute Gasteiger partial charge is 0.341 e. The van der Waals surface area contributed by atoms with Crippen LogP contribution in [0.2, 0.25) is 0 Å². The summed E-state index contributed by atoms with van der Waals surface area (Å²) in [6.45, 7) is 0.159. The number of rotatable bonds is 3. The van der Waals surface area contributed by atoms with Crippen LogP contribution in [0.5, 0.6) is 0 Å². The Morgan fingerprint density at radius 2 is 2.37 bits per heavy atom. The minimum atomic E-state index is -4.22. The van der Waals surface area contributed by atoms with E-state index in [0.717, 1.165) is 11.8 Å². The fourth-order valence-electron chi connectivity index (χ4n) is 1.96. The van der Waals surface area contributed by atoms with Crippen LogP contribution in [0.15, 0.2) is 11.2 Å². The Morgan fingerprint density at radius 3 is 3.00 bits per heavy atom. The number of carbonyl (C=O) groups is 1. The molecule has 5 nitrogen and oxygen atoms in total. The molecule has 19 heavy (non-hydrogen) atoms. The number of alkyl halides is 3. The molecule has 1 fully saturated rings. The third kappa shape index (κ3) is 3.85. The van der Waals surface area contributed by atoms with E-state index in [9.17, 15) is 18.0 Å². The van der Waals surface area contributed by atoms with E-state index in [1.165, 1.54) is 11.1 Å². The van der Waals surface area contributed by atoms with Crippen LogP contribution in [0.3, 0.4) is 0 Å². The molecule has 1 aliphatic rings. The topological polar surface area (TPSA) is 61.9 Å². The van der Waals surface area contributed by atoms with Crippen molar-refractivity contribution in [2.24, 2.45) is 5.92 Å². The van der Waals surface area contributed by atoms with Gasteiger partial charge in [-0.25, -0.2) is 0 Å². The average Bonchev–Trinajstić information content (AvgIpc) is 2.88. The van der Waals surface area contributed by atoms with Crippen molar-refractivity contribution in [3.8, 4) is 0 Å². The van der Waals surface area contributed by atoms with Gasteiger partial charge in [-0.2, -0.15) is 23.5 Å². The number of piperidine rings is 1. The Hall–Kier alpha value is -1.25. The molecule has 106 valence electrons. The number of likely N-dealkylation sites (tertiary alicyclic amines) is 1. The zero-order valence-electron chi connectivity index (χ0n) is 9.98. The molecule has 1 atom stereocenters. The number of nitrogens with zero attached hydrogens (tertiary/aromatic N) is 3.